The van der Waals surface area contributed by atoms with Crippen molar-refractivity contribution >= 4 is 17.5 Å². The number of rotatable bonds is 5. The van der Waals surface area contributed by atoms with Crippen LogP contribution in [0.2, 0.25) is 0 Å². The van der Waals surface area contributed by atoms with Gasteiger partial charge in [0.05, 0.1) is 11.6 Å². The standard InChI is InChI=1S/C16H25N5O2/c1-10(7-14(22)13-8-19-9-20-15(13)18)12-3-5-21(6-4-12)16(23)11(2)17/h8-12H,3-7,17H2,1-2H3,(H2,18,19,20)/t10?,11-/m0/s1. The molecule has 1 fully saturated rings. The number of carbonyl (C=O) groups is 2. The molecule has 0 spiro atoms. The number of amides is 1. The van der Waals surface area contributed by atoms with Crippen molar-refractivity contribution in [3.63, 3.8) is 0 Å². The van der Waals surface area contributed by atoms with Crippen LogP contribution in [0, 0.1) is 11.8 Å². The molecule has 0 bridgehead atoms. The highest BCUT2D eigenvalue weighted by Crippen LogP contribution is 2.28. The Morgan fingerprint density at radius 1 is 1.35 bits per heavy atom. The van der Waals surface area contributed by atoms with Crippen LogP contribution >= 0.6 is 0 Å². The molecule has 1 aromatic heterocycles. The minimum atomic E-state index is -0.452. The zero-order valence-corrected chi connectivity index (χ0v) is 13.7. The van der Waals surface area contributed by atoms with Crippen molar-refractivity contribution in [2.24, 2.45) is 17.6 Å². The number of carbonyl (C=O) groups excluding carboxylic acids is 2. The third kappa shape index (κ3) is 4.25. The fourth-order valence-corrected chi connectivity index (χ4v) is 3.10. The fraction of sp³-hybridized carbons (Fsp3) is 0.625. The summed E-state index contributed by atoms with van der Waals surface area (Å²) in [7, 11) is 0. The third-order valence-electron chi connectivity index (χ3n) is 4.60. The third-order valence-corrected chi connectivity index (χ3v) is 4.60. The first-order valence-corrected chi connectivity index (χ1v) is 8.03. The molecule has 2 heterocycles. The van der Waals surface area contributed by atoms with Crippen LogP contribution in [0.3, 0.4) is 0 Å². The van der Waals surface area contributed by atoms with E-state index in [0.717, 1.165) is 12.8 Å². The molecule has 0 saturated carbocycles. The second-order valence-electron chi connectivity index (χ2n) is 6.38. The van der Waals surface area contributed by atoms with Crippen LogP contribution in [0.5, 0.6) is 0 Å². The van der Waals surface area contributed by atoms with Crippen LogP contribution in [-0.2, 0) is 4.79 Å². The Kier molecular flexibility index (Phi) is 5.65. The van der Waals surface area contributed by atoms with E-state index in [1.165, 1.54) is 12.5 Å². The van der Waals surface area contributed by atoms with Crippen LogP contribution in [0.1, 0.15) is 43.5 Å². The van der Waals surface area contributed by atoms with Crippen molar-refractivity contribution in [2.45, 2.75) is 39.2 Å². The maximum Gasteiger partial charge on any atom is 0.239 e. The molecular formula is C16H25N5O2. The van der Waals surface area contributed by atoms with Gasteiger partial charge in [0.15, 0.2) is 5.78 Å². The number of hydrogen-bond donors (Lipinski definition) is 2. The second kappa shape index (κ2) is 7.50. The topological polar surface area (TPSA) is 115 Å². The van der Waals surface area contributed by atoms with Crippen molar-refractivity contribution < 1.29 is 9.59 Å². The number of Topliss-reactive ketones (excluding diaryl/α,β-unsaturated/α-hetero) is 1. The monoisotopic (exact) mass is 319 g/mol. The molecule has 126 valence electrons. The van der Waals surface area contributed by atoms with Crippen molar-refractivity contribution in [2.75, 3.05) is 18.8 Å². The van der Waals surface area contributed by atoms with Crippen LogP contribution in [-0.4, -0.2) is 45.7 Å². The normalized spacial score (nSPS) is 18.5. The summed E-state index contributed by atoms with van der Waals surface area (Å²) < 4.78 is 0. The Hall–Kier alpha value is -2.02. The first kappa shape index (κ1) is 17.3. The Labute approximate surface area is 136 Å². The maximum absolute atomic E-state index is 12.3. The molecule has 1 aromatic rings. The van der Waals surface area contributed by atoms with E-state index in [2.05, 4.69) is 16.9 Å². The van der Waals surface area contributed by atoms with Gasteiger partial charge in [-0.1, -0.05) is 6.92 Å². The van der Waals surface area contributed by atoms with Crippen molar-refractivity contribution in [1.82, 2.24) is 14.9 Å². The Balaban J connectivity index is 1.88. The van der Waals surface area contributed by atoms with Crippen molar-refractivity contribution in [3.8, 4) is 0 Å². The van der Waals surface area contributed by atoms with Crippen LogP contribution in [0.4, 0.5) is 5.82 Å². The molecule has 7 heteroatoms. The number of aromatic nitrogens is 2. The molecule has 1 aliphatic rings. The van der Waals surface area contributed by atoms with Gasteiger partial charge in [-0.15, -0.1) is 0 Å². The summed E-state index contributed by atoms with van der Waals surface area (Å²) in [6, 6.07) is -0.452. The molecule has 1 saturated heterocycles. The first-order valence-electron chi connectivity index (χ1n) is 8.03. The molecule has 7 nitrogen and oxygen atoms in total. The van der Waals surface area contributed by atoms with Crippen LogP contribution in [0.25, 0.3) is 0 Å². The summed E-state index contributed by atoms with van der Waals surface area (Å²) in [5, 5.41) is 0. The van der Waals surface area contributed by atoms with Gasteiger partial charge < -0.3 is 16.4 Å². The van der Waals surface area contributed by atoms with Gasteiger partial charge in [-0.05, 0) is 31.6 Å². The van der Waals surface area contributed by atoms with Gasteiger partial charge in [0, 0.05) is 25.7 Å². The van der Waals surface area contributed by atoms with Crippen molar-refractivity contribution in [3.05, 3.63) is 18.1 Å². The molecule has 1 amide bonds. The molecule has 0 radical (unpaired) electrons. The molecule has 2 rings (SSSR count). The van der Waals surface area contributed by atoms with Crippen molar-refractivity contribution in [1.29, 1.82) is 0 Å². The molecule has 0 aliphatic carbocycles. The lowest BCUT2D eigenvalue weighted by atomic mass is 9.82. The average molecular weight is 319 g/mol. The van der Waals surface area contributed by atoms with Gasteiger partial charge in [0.25, 0.3) is 0 Å². The lowest BCUT2D eigenvalue weighted by Crippen LogP contribution is -2.46. The molecule has 4 N–H and O–H groups in total. The van der Waals surface area contributed by atoms with Crippen LogP contribution in [0.15, 0.2) is 12.5 Å². The summed E-state index contributed by atoms with van der Waals surface area (Å²) in [5.74, 6) is 0.859. The molecule has 0 aromatic carbocycles. The number of ketones is 1. The maximum atomic E-state index is 12.3. The quantitative estimate of drug-likeness (QED) is 0.778. The van der Waals surface area contributed by atoms with E-state index in [4.69, 9.17) is 11.5 Å². The molecule has 1 unspecified atom stereocenters. The van der Waals surface area contributed by atoms with E-state index >= 15 is 0 Å². The largest absolute Gasteiger partial charge is 0.383 e. The summed E-state index contributed by atoms with van der Waals surface area (Å²) in [6.07, 6.45) is 5.02. The smallest absolute Gasteiger partial charge is 0.239 e. The van der Waals surface area contributed by atoms with Gasteiger partial charge >= 0.3 is 0 Å². The summed E-state index contributed by atoms with van der Waals surface area (Å²) in [5.41, 5.74) is 11.8. The molecule has 23 heavy (non-hydrogen) atoms. The average Bonchev–Trinajstić information content (AvgIpc) is 2.54. The van der Waals surface area contributed by atoms with E-state index < -0.39 is 6.04 Å². The number of nitrogens with zero attached hydrogens (tertiary/aromatic N) is 3. The Bertz CT molecular complexity index is 567. The summed E-state index contributed by atoms with van der Waals surface area (Å²) in [4.78, 5) is 33.8. The number of piperidine rings is 1. The van der Waals surface area contributed by atoms with Crippen LogP contribution < -0.4 is 11.5 Å². The highest BCUT2D eigenvalue weighted by molar-refractivity contribution is 5.99. The first-order chi connectivity index (χ1) is 10.9. The van der Waals surface area contributed by atoms with E-state index in [9.17, 15) is 9.59 Å². The van der Waals surface area contributed by atoms with Gasteiger partial charge in [0.2, 0.25) is 5.91 Å². The number of hydrogen-bond acceptors (Lipinski definition) is 6. The van der Waals surface area contributed by atoms with Gasteiger partial charge in [-0.3, -0.25) is 9.59 Å². The van der Waals surface area contributed by atoms with E-state index in [0.29, 0.717) is 31.0 Å². The second-order valence-corrected chi connectivity index (χ2v) is 6.38. The van der Waals surface area contributed by atoms with E-state index in [1.807, 2.05) is 4.90 Å². The predicted molar refractivity (Wildman–Crippen MR) is 87.5 cm³/mol. The van der Waals surface area contributed by atoms with Gasteiger partial charge in [-0.25, -0.2) is 9.97 Å². The molecule has 2 atom stereocenters. The minimum absolute atomic E-state index is 0.00128. The SMILES string of the molecule is CC(CC(=O)c1cncnc1N)C1CCN(C(=O)[C@H](C)N)CC1. The summed E-state index contributed by atoms with van der Waals surface area (Å²) in [6.45, 7) is 5.20. The predicted octanol–water partition coefficient (Wildman–Crippen LogP) is 0.854. The number of nitrogen functional groups attached to an aromatic ring is 1. The number of likely N-dealkylation sites (tertiary alicyclic amines) is 1. The molecule has 1 aliphatic heterocycles. The zero-order chi connectivity index (χ0) is 17.0. The molecular weight excluding hydrogens is 294 g/mol. The highest BCUT2D eigenvalue weighted by Gasteiger charge is 2.28. The summed E-state index contributed by atoms with van der Waals surface area (Å²) >= 11 is 0. The Morgan fingerprint density at radius 2 is 2.00 bits per heavy atom. The highest BCUT2D eigenvalue weighted by atomic mass is 16.2. The minimum Gasteiger partial charge on any atom is -0.383 e. The number of nitrogens with two attached hydrogens (primary N) is 2. The van der Waals surface area contributed by atoms with Gasteiger partial charge in [-0.2, -0.15) is 0 Å². The van der Waals surface area contributed by atoms with Gasteiger partial charge in [0.1, 0.15) is 12.1 Å². The zero-order valence-electron chi connectivity index (χ0n) is 13.7. The lowest BCUT2D eigenvalue weighted by Gasteiger charge is -2.35. The Morgan fingerprint density at radius 3 is 2.57 bits per heavy atom. The number of anilines is 1. The lowest BCUT2D eigenvalue weighted by molar-refractivity contribution is -0.133. The van der Waals surface area contributed by atoms with E-state index in [-0.39, 0.29) is 23.4 Å². The fourth-order valence-electron chi connectivity index (χ4n) is 3.10. The van der Waals surface area contributed by atoms with E-state index in [1.54, 1.807) is 6.92 Å².